The molecule has 1 aromatic rings. The predicted octanol–water partition coefficient (Wildman–Crippen LogP) is 1.79. The molecular weight excluding hydrogens is 188 g/mol. The molecular formula is C9H11ClN2O. The highest BCUT2D eigenvalue weighted by atomic mass is 35.5. The first kappa shape index (κ1) is 9.99. The summed E-state index contributed by atoms with van der Waals surface area (Å²) in [4.78, 5) is 15.3. The van der Waals surface area contributed by atoms with Gasteiger partial charge in [-0.15, -0.1) is 0 Å². The van der Waals surface area contributed by atoms with Gasteiger partial charge in [0.2, 0.25) is 0 Å². The van der Waals surface area contributed by atoms with Crippen LogP contribution in [0.3, 0.4) is 0 Å². The van der Waals surface area contributed by atoms with E-state index in [2.05, 4.69) is 10.3 Å². The van der Waals surface area contributed by atoms with Gasteiger partial charge in [-0.1, -0.05) is 11.6 Å². The molecule has 0 radical (unpaired) electrons. The molecule has 0 spiro atoms. The van der Waals surface area contributed by atoms with Crippen molar-refractivity contribution in [1.82, 2.24) is 10.3 Å². The lowest BCUT2D eigenvalue weighted by Gasteiger charge is -2.03. The van der Waals surface area contributed by atoms with Crippen molar-refractivity contribution < 1.29 is 4.79 Å². The standard InChI is InChI=1S/C9H11ClN2O/c1-3-11-9(13)7-5-4-6(2)12-8(7)10/h4-5H,3H2,1-2H3,(H,11,13). The number of rotatable bonds is 2. The van der Waals surface area contributed by atoms with Crippen LogP contribution in [0.4, 0.5) is 0 Å². The van der Waals surface area contributed by atoms with E-state index in [0.717, 1.165) is 5.69 Å². The van der Waals surface area contributed by atoms with Crippen LogP contribution in [0, 0.1) is 6.92 Å². The van der Waals surface area contributed by atoms with Gasteiger partial charge in [0.25, 0.3) is 5.91 Å². The van der Waals surface area contributed by atoms with Gasteiger partial charge in [0.15, 0.2) is 0 Å². The Morgan fingerprint density at radius 3 is 2.85 bits per heavy atom. The third kappa shape index (κ3) is 2.42. The number of hydrogen-bond acceptors (Lipinski definition) is 2. The summed E-state index contributed by atoms with van der Waals surface area (Å²) in [7, 11) is 0. The zero-order valence-electron chi connectivity index (χ0n) is 7.60. The summed E-state index contributed by atoms with van der Waals surface area (Å²) >= 11 is 5.79. The van der Waals surface area contributed by atoms with Crippen LogP contribution in [0.5, 0.6) is 0 Å². The molecule has 0 aliphatic rings. The van der Waals surface area contributed by atoms with Gasteiger partial charge in [0.05, 0.1) is 5.56 Å². The van der Waals surface area contributed by atoms with E-state index in [1.807, 2.05) is 13.8 Å². The van der Waals surface area contributed by atoms with Gasteiger partial charge >= 0.3 is 0 Å². The quantitative estimate of drug-likeness (QED) is 0.737. The molecule has 1 aromatic heterocycles. The summed E-state index contributed by atoms with van der Waals surface area (Å²) in [6.45, 7) is 4.27. The molecule has 0 aliphatic carbocycles. The summed E-state index contributed by atoms with van der Waals surface area (Å²) in [5, 5.41) is 2.91. The second-order valence-electron chi connectivity index (χ2n) is 2.65. The van der Waals surface area contributed by atoms with E-state index in [1.54, 1.807) is 12.1 Å². The maximum absolute atomic E-state index is 11.3. The Kier molecular flexibility index (Phi) is 3.25. The van der Waals surface area contributed by atoms with Crippen molar-refractivity contribution in [2.45, 2.75) is 13.8 Å². The third-order valence-electron chi connectivity index (χ3n) is 1.57. The average molecular weight is 199 g/mol. The number of amides is 1. The minimum Gasteiger partial charge on any atom is -0.352 e. The molecule has 0 saturated carbocycles. The molecule has 1 heterocycles. The van der Waals surface area contributed by atoms with Crippen LogP contribution in [0.2, 0.25) is 5.15 Å². The minimum absolute atomic E-state index is 0.181. The summed E-state index contributed by atoms with van der Waals surface area (Å²) in [5.74, 6) is -0.181. The molecule has 0 atom stereocenters. The van der Waals surface area contributed by atoms with Gasteiger partial charge < -0.3 is 5.32 Å². The largest absolute Gasteiger partial charge is 0.352 e. The van der Waals surface area contributed by atoms with Crippen molar-refractivity contribution in [2.75, 3.05) is 6.54 Å². The Morgan fingerprint density at radius 1 is 1.62 bits per heavy atom. The van der Waals surface area contributed by atoms with Gasteiger partial charge in [0, 0.05) is 12.2 Å². The molecule has 1 N–H and O–H groups in total. The van der Waals surface area contributed by atoms with Crippen LogP contribution in [-0.4, -0.2) is 17.4 Å². The van der Waals surface area contributed by atoms with Crippen molar-refractivity contribution >= 4 is 17.5 Å². The van der Waals surface area contributed by atoms with Crippen LogP contribution < -0.4 is 5.32 Å². The van der Waals surface area contributed by atoms with E-state index in [9.17, 15) is 4.79 Å². The zero-order valence-corrected chi connectivity index (χ0v) is 8.35. The van der Waals surface area contributed by atoms with Crippen LogP contribution in [-0.2, 0) is 0 Å². The highest BCUT2D eigenvalue weighted by molar-refractivity contribution is 6.32. The van der Waals surface area contributed by atoms with E-state index >= 15 is 0 Å². The first-order valence-electron chi connectivity index (χ1n) is 4.06. The Labute approximate surface area is 82.1 Å². The molecule has 0 saturated heterocycles. The molecule has 0 unspecified atom stereocenters. The first-order chi connectivity index (χ1) is 6.15. The number of aromatic nitrogens is 1. The van der Waals surface area contributed by atoms with Crippen molar-refractivity contribution in [3.8, 4) is 0 Å². The van der Waals surface area contributed by atoms with Gasteiger partial charge in [-0.05, 0) is 26.0 Å². The summed E-state index contributed by atoms with van der Waals surface area (Å²) in [5.41, 5.74) is 1.23. The monoisotopic (exact) mass is 198 g/mol. The number of hydrogen-bond donors (Lipinski definition) is 1. The number of carbonyl (C=O) groups is 1. The lowest BCUT2D eigenvalue weighted by atomic mass is 10.2. The van der Waals surface area contributed by atoms with Crippen molar-refractivity contribution in [2.24, 2.45) is 0 Å². The fourth-order valence-electron chi connectivity index (χ4n) is 0.950. The highest BCUT2D eigenvalue weighted by Gasteiger charge is 2.09. The number of aryl methyl sites for hydroxylation is 1. The number of pyridine rings is 1. The lowest BCUT2D eigenvalue weighted by molar-refractivity contribution is 0.0955. The molecule has 0 bridgehead atoms. The van der Waals surface area contributed by atoms with Gasteiger partial charge in [-0.3, -0.25) is 4.79 Å². The van der Waals surface area contributed by atoms with E-state index < -0.39 is 0 Å². The fraction of sp³-hybridized carbons (Fsp3) is 0.333. The van der Waals surface area contributed by atoms with Gasteiger partial charge in [-0.25, -0.2) is 4.98 Å². The number of halogens is 1. The average Bonchev–Trinajstić information content (AvgIpc) is 2.04. The summed E-state index contributed by atoms with van der Waals surface area (Å²) < 4.78 is 0. The SMILES string of the molecule is CCNC(=O)c1ccc(C)nc1Cl. The molecule has 0 aromatic carbocycles. The van der Waals surface area contributed by atoms with Crippen molar-refractivity contribution in [1.29, 1.82) is 0 Å². The number of nitrogens with one attached hydrogen (secondary N) is 1. The molecule has 1 rings (SSSR count). The lowest BCUT2D eigenvalue weighted by Crippen LogP contribution is -2.23. The van der Waals surface area contributed by atoms with Crippen LogP contribution >= 0.6 is 11.6 Å². The van der Waals surface area contributed by atoms with E-state index in [1.165, 1.54) is 0 Å². The summed E-state index contributed by atoms with van der Waals surface area (Å²) in [6.07, 6.45) is 0. The van der Waals surface area contributed by atoms with Crippen LogP contribution in [0.1, 0.15) is 23.0 Å². The smallest absolute Gasteiger partial charge is 0.254 e. The normalized spacial score (nSPS) is 9.77. The van der Waals surface area contributed by atoms with E-state index in [4.69, 9.17) is 11.6 Å². The van der Waals surface area contributed by atoms with Gasteiger partial charge in [-0.2, -0.15) is 0 Å². The second-order valence-corrected chi connectivity index (χ2v) is 3.01. The molecule has 13 heavy (non-hydrogen) atoms. The Hall–Kier alpha value is -1.09. The number of carbonyl (C=O) groups excluding carboxylic acids is 1. The maximum Gasteiger partial charge on any atom is 0.254 e. The molecule has 0 aliphatic heterocycles. The van der Waals surface area contributed by atoms with E-state index in [0.29, 0.717) is 12.1 Å². The van der Waals surface area contributed by atoms with Crippen molar-refractivity contribution in [3.63, 3.8) is 0 Å². The highest BCUT2D eigenvalue weighted by Crippen LogP contribution is 2.12. The molecule has 4 heteroatoms. The second kappa shape index (κ2) is 4.23. The molecule has 70 valence electrons. The Balaban J connectivity index is 2.95. The topological polar surface area (TPSA) is 42.0 Å². The van der Waals surface area contributed by atoms with Crippen LogP contribution in [0.25, 0.3) is 0 Å². The molecule has 0 fully saturated rings. The maximum atomic E-state index is 11.3. The fourth-order valence-corrected chi connectivity index (χ4v) is 1.23. The minimum atomic E-state index is -0.181. The Bertz CT molecular complexity index is 325. The van der Waals surface area contributed by atoms with Crippen molar-refractivity contribution in [3.05, 3.63) is 28.5 Å². The summed E-state index contributed by atoms with van der Waals surface area (Å²) in [6, 6.07) is 3.44. The predicted molar refractivity (Wildman–Crippen MR) is 52.0 cm³/mol. The van der Waals surface area contributed by atoms with Gasteiger partial charge in [0.1, 0.15) is 5.15 Å². The molecule has 1 amide bonds. The molecule has 3 nitrogen and oxygen atoms in total. The Morgan fingerprint density at radius 2 is 2.31 bits per heavy atom. The third-order valence-corrected chi connectivity index (χ3v) is 1.86. The zero-order chi connectivity index (χ0) is 9.84. The number of nitrogens with zero attached hydrogens (tertiary/aromatic N) is 1. The van der Waals surface area contributed by atoms with E-state index in [-0.39, 0.29) is 11.1 Å². The van der Waals surface area contributed by atoms with Crippen LogP contribution in [0.15, 0.2) is 12.1 Å². The first-order valence-corrected chi connectivity index (χ1v) is 4.44.